The molecule has 0 saturated heterocycles. The third-order valence-electron chi connectivity index (χ3n) is 6.34. The van der Waals surface area contributed by atoms with Crippen LogP contribution in [0.25, 0.3) is 0 Å². The summed E-state index contributed by atoms with van der Waals surface area (Å²) in [6.45, 7) is 2.01. The van der Waals surface area contributed by atoms with Gasteiger partial charge in [0.15, 0.2) is 5.84 Å². The highest BCUT2D eigenvalue weighted by molar-refractivity contribution is 7.90. The molecule has 0 spiro atoms. The molecule has 0 unspecified atom stereocenters. The number of amidine groups is 1. The highest BCUT2D eigenvalue weighted by Crippen LogP contribution is 2.41. The van der Waals surface area contributed by atoms with Crippen molar-refractivity contribution < 1.29 is 22.7 Å². The zero-order valence-corrected chi connectivity index (χ0v) is 18.2. The van der Waals surface area contributed by atoms with Crippen LogP contribution in [-0.2, 0) is 21.4 Å². The Hall–Kier alpha value is -3.20. The molecular formula is C23H22FN3O4S. The molecule has 2 N–H and O–H groups in total. The Morgan fingerprint density at radius 2 is 1.94 bits per heavy atom. The number of sulfonamides is 1. The highest BCUT2D eigenvalue weighted by Gasteiger charge is 2.46. The molecule has 0 bridgehead atoms. The lowest BCUT2D eigenvalue weighted by atomic mass is 9.89. The van der Waals surface area contributed by atoms with Crippen LogP contribution in [0.15, 0.2) is 63.1 Å². The number of rotatable bonds is 3. The van der Waals surface area contributed by atoms with Gasteiger partial charge in [-0.25, -0.2) is 4.39 Å². The Bertz CT molecular complexity index is 1280. The number of nitrogens with one attached hydrogen (secondary N) is 1. The standard InChI is InChI=1S/C23H22FN3O4S/c1-13-5-10-17-19(11-13)32(30,31)26-22(25-17)20-21(28)16-3-2-4-18(16)27(23(20)29)12-14-6-8-15(24)9-7-14/h5-11,16,18,28H,2-4,12H2,1H3,(H,25,26)/t16-,18+/m1/s1. The monoisotopic (exact) mass is 455 g/mol. The van der Waals surface area contributed by atoms with E-state index in [4.69, 9.17) is 0 Å². The summed E-state index contributed by atoms with van der Waals surface area (Å²) in [5, 5.41) is 13.9. The van der Waals surface area contributed by atoms with E-state index in [0.717, 1.165) is 24.0 Å². The van der Waals surface area contributed by atoms with E-state index in [1.807, 2.05) is 0 Å². The molecule has 5 rings (SSSR count). The van der Waals surface area contributed by atoms with E-state index in [0.29, 0.717) is 12.1 Å². The summed E-state index contributed by atoms with van der Waals surface area (Å²) >= 11 is 0. The van der Waals surface area contributed by atoms with Crippen LogP contribution < -0.4 is 5.32 Å². The molecule has 1 fully saturated rings. The number of amides is 1. The molecule has 3 aliphatic rings. The van der Waals surface area contributed by atoms with Crippen LogP contribution in [0, 0.1) is 18.7 Å². The zero-order chi connectivity index (χ0) is 22.6. The Balaban J connectivity index is 1.57. The smallest absolute Gasteiger partial charge is 0.286 e. The first-order valence-electron chi connectivity index (χ1n) is 10.5. The van der Waals surface area contributed by atoms with Crippen molar-refractivity contribution in [3.05, 3.63) is 70.7 Å². The minimum absolute atomic E-state index is 0.0338. The van der Waals surface area contributed by atoms with Crippen LogP contribution in [0.4, 0.5) is 10.1 Å². The number of aryl methyl sites for hydroxylation is 1. The molecule has 7 nitrogen and oxygen atoms in total. The van der Waals surface area contributed by atoms with Gasteiger partial charge in [0.05, 0.1) is 5.69 Å². The van der Waals surface area contributed by atoms with Crippen molar-refractivity contribution in [3.8, 4) is 0 Å². The Morgan fingerprint density at radius 3 is 2.69 bits per heavy atom. The molecule has 2 heterocycles. The Kier molecular flexibility index (Phi) is 4.81. The lowest BCUT2D eigenvalue weighted by Gasteiger charge is -2.39. The fourth-order valence-electron chi connectivity index (χ4n) is 4.79. The lowest BCUT2D eigenvalue weighted by molar-refractivity contribution is -0.132. The number of aliphatic hydroxyl groups excluding tert-OH is 1. The number of aliphatic hydroxyl groups is 1. The van der Waals surface area contributed by atoms with Crippen LogP contribution in [0.5, 0.6) is 0 Å². The van der Waals surface area contributed by atoms with Crippen molar-refractivity contribution in [3.63, 3.8) is 0 Å². The number of hydrogen-bond donors (Lipinski definition) is 2. The van der Waals surface area contributed by atoms with Gasteiger partial charge in [-0.15, -0.1) is 4.40 Å². The van der Waals surface area contributed by atoms with E-state index in [2.05, 4.69) is 9.71 Å². The molecule has 9 heteroatoms. The molecule has 1 amide bonds. The third kappa shape index (κ3) is 3.37. The van der Waals surface area contributed by atoms with Gasteiger partial charge in [-0.2, -0.15) is 8.42 Å². The maximum Gasteiger partial charge on any atom is 0.286 e. The maximum atomic E-state index is 13.5. The van der Waals surface area contributed by atoms with E-state index >= 15 is 0 Å². The van der Waals surface area contributed by atoms with E-state index in [1.165, 1.54) is 18.2 Å². The van der Waals surface area contributed by atoms with Crippen LogP contribution in [-0.4, -0.2) is 36.2 Å². The number of nitrogens with zero attached hydrogens (tertiary/aromatic N) is 2. The van der Waals surface area contributed by atoms with Crippen molar-refractivity contribution >= 4 is 27.5 Å². The predicted octanol–water partition coefficient (Wildman–Crippen LogP) is 3.67. The van der Waals surface area contributed by atoms with Gasteiger partial charge in [-0.05, 0) is 55.2 Å². The van der Waals surface area contributed by atoms with Gasteiger partial charge in [0.1, 0.15) is 22.0 Å². The topological polar surface area (TPSA) is 99.1 Å². The molecule has 2 atom stereocenters. The molecule has 2 aromatic rings. The van der Waals surface area contributed by atoms with E-state index in [-0.39, 0.29) is 46.4 Å². The molecule has 0 radical (unpaired) electrons. The summed E-state index contributed by atoms with van der Waals surface area (Å²) in [5.74, 6) is -1.44. The second-order valence-electron chi connectivity index (χ2n) is 8.46. The quantitative estimate of drug-likeness (QED) is 0.736. The first-order valence-corrected chi connectivity index (χ1v) is 11.9. The fraction of sp³-hybridized carbons (Fsp3) is 0.304. The summed E-state index contributed by atoms with van der Waals surface area (Å²) in [4.78, 5) is 15.2. The number of benzene rings is 2. The fourth-order valence-corrected chi connectivity index (χ4v) is 6.00. The average Bonchev–Trinajstić information content (AvgIpc) is 3.23. The maximum absolute atomic E-state index is 13.5. The SMILES string of the molecule is Cc1ccc2c(c1)S(=O)(=O)N=C(C1=C(O)[C@@H]3CCC[C@@H]3N(Cc3ccc(F)cc3)C1=O)N2. The van der Waals surface area contributed by atoms with Crippen LogP contribution in [0.1, 0.15) is 30.4 Å². The summed E-state index contributed by atoms with van der Waals surface area (Å²) in [7, 11) is -4.05. The molecule has 1 aliphatic carbocycles. The van der Waals surface area contributed by atoms with Crippen LogP contribution in [0.3, 0.4) is 0 Å². The first-order chi connectivity index (χ1) is 15.2. The third-order valence-corrected chi connectivity index (χ3v) is 7.66. The van der Waals surface area contributed by atoms with Crippen molar-refractivity contribution in [1.82, 2.24) is 4.90 Å². The summed E-state index contributed by atoms with van der Waals surface area (Å²) in [5.41, 5.74) is 1.71. The van der Waals surface area contributed by atoms with E-state index in [1.54, 1.807) is 36.1 Å². The van der Waals surface area contributed by atoms with Crippen LogP contribution >= 0.6 is 0 Å². The molecule has 1 saturated carbocycles. The minimum Gasteiger partial charge on any atom is -0.511 e. The largest absolute Gasteiger partial charge is 0.511 e. The first kappa shape index (κ1) is 20.7. The average molecular weight is 456 g/mol. The van der Waals surface area contributed by atoms with Gasteiger partial charge < -0.3 is 15.3 Å². The normalized spacial score (nSPS) is 24.0. The number of fused-ring (bicyclic) bond motifs is 2. The van der Waals surface area contributed by atoms with Gasteiger partial charge >= 0.3 is 0 Å². The molecular weight excluding hydrogens is 433 g/mol. The molecule has 2 aliphatic heterocycles. The Morgan fingerprint density at radius 1 is 1.19 bits per heavy atom. The summed E-state index contributed by atoms with van der Waals surface area (Å²) in [6, 6.07) is 10.6. The van der Waals surface area contributed by atoms with Gasteiger partial charge in [0.2, 0.25) is 0 Å². The second-order valence-corrected chi connectivity index (χ2v) is 10.0. The molecule has 2 aromatic carbocycles. The van der Waals surface area contributed by atoms with Gasteiger partial charge in [0, 0.05) is 18.5 Å². The number of halogens is 1. The molecule has 166 valence electrons. The van der Waals surface area contributed by atoms with E-state index in [9.17, 15) is 22.7 Å². The molecule has 32 heavy (non-hydrogen) atoms. The Labute approximate surface area is 185 Å². The van der Waals surface area contributed by atoms with Crippen molar-refractivity contribution in [2.24, 2.45) is 10.3 Å². The number of carbonyl (C=O) groups is 1. The second kappa shape index (κ2) is 7.44. The van der Waals surface area contributed by atoms with Gasteiger partial charge in [-0.3, -0.25) is 4.79 Å². The summed E-state index contributed by atoms with van der Waals surface area (Å²) < 4.78 is 42.8. The lowest BCUT2D eigenvalue weighted by Crippen LogP contribution is -2.49. The minimum atomic E-state index is -4.05. The number of carbonyl (C=O) groups excluding carboxylic acids is 1. The van der Waals surface area contributed by atoms with Gasteiger partial charge in [-0.1, -0.05) is 24.6 Å². The predicted molar refractivity (Wildman–Crippen MR) is 117 cm³/mol. The van der Waals surface area contributed by atoms with Crippen LogP contribution in [0.2, 0.25) is 0 Å². The molecule has 0 aromatic heterocycles. The zero-order valence-electron chi connectivity index (χ0n) is 17.4. The van der Waals surface area contributed by atoms with E-state index < -0.39 is 15.9 Å². The summed E-state index contributed by atoms with van der Waals surface area (Å²) in [6.07, 6.45) is 2.25. The van der Waals surface area contributed by atoms with Crippen molar-refractivity contribution in [2.75, 3.05) is 5.32 Å². The van der Waals surface area contributed by atoms with Gasteiger partial charge in [0.25, 0.3) is 15.9 Å². The number of anilines is 1. The number of hydrogen-bond acceptors (Lipinski definition) is 5. The van der Waals surface area contributed by atoms with Crippen molar-refractivity contribution in [1.29, 1.82) is 0 Å². The highest BCUT2D eigenvalue weighted by atomic mass is 32.2. The van der Waals surface area contributed by atoms with Crippen molar-refractivity contribution in [2.45, 2.75) is 43.7 Å².